The van der Waals surface area contributed by atoms with Crippen LogP contribution in [0, 0.1) is 6.92 Å². The van der Waals surface area contributed by atoms with E-state index in [2.05, 4.69) is 40.7 Å². The minimum Gasteiger partial charge on any atom is -0.508 e. The summed E-state index contributed by atoms with van der Waals surface area (Å²) in [5.41, 5.74) is 3.52. The number of unbranched alkanes of at least 4 members (excludes halogenated alkanes) is 12. The Morgan fingerprint density at radius 1 is 0.793 bits per heavy atom. The molecule has 1 atom stereocenters. The van der Waals surface area contributed by atoms with E-state index in [4.69, 9.17) is 12.6 Å². The maximum atomic E-state index is 10.3. The standard InChI is InChI=1S/C27H48OS/c1-6-7-8-9-10-11-12-13-14-15-16-17-18-19-25(29)23-20-21-24(28)26(22(23)2)27(3,4)5/h20-21,25,28-29H,6-19H2,1-5H3. The van der Waals surface area contributed by atoms with Crippen LogP contribution in [0.2, 0.25) is 0 Å². The minimum absolute atomic E-state index is 0.0484. The molecule has 0 fully saturated rings. The first-order valence-electron chi connectivity index (χ1n) is 12.3. The van der Waals surface area contributed by atoms with Crippen molar-refractivity contribution in [3.8, 4) is 5.75 Å². The van der Waals surface area contributed by atoms with Gasteiger partial charge in [0, 0.05) is 10.8 Å². The second-order valence-electron chi connectivity index (χ2n) is 9.97. The molecule has 0 amide bonds. The summed E-state index contributed by atoms with van der Waals surface area (Å²) in [6.45, 7) is 10.9. The average molecular weight is 421 g/mol. The van der Waals surface area contributed by atoms with Gasteiger partial charge in [-0.1, -0.05) is 117 Å². The first-order chi connectivity index (χ1) is 13.8. The van der Waals surface area contributed by atoms with Crippen molar-refractivity contribution in [2.24, 2.45) is 0 Å². The molecule has 0 aliphatic rings. The van der Waals surface area contributed by atoms with Gasteiger partial charge in [0.1, 0.15) is 5.75 Å². The molecule has 0 saturated carbocycles. The van der Waals surface area contributed by atoms with Gasteiger partial charge in [0.05, 0.1) is 0 Å². The smallest absolute Gasteiger partial charge is 0.119 e. The summed E-state index contributed by atoms with van der Waals surface area (Å²) in [6.07, 6.45) is 19.2. The lowest BCUT2D eigenvalue weighted by Gasteiger charge is -2.26. The Balaban J connectivity index is 2.18. The number of benzene rings is 1. The number of phenols is 1. The highest BCUT2D eigenvalue weighted by molar-refractivity contribution is 7.80. The van der Waals surface area contributed by atoms with Crippen LogP contribution >= 0.6 is 12.6 Å². The molecule has 1 nitrogen and oxygen atoms in total. The van der Waals surface area contributed by atoms with Gasteiger partial charge in [0.25, 0.3) is 0 Å². The van der Waals surface area contributed by atoms with E-state index in [0.717, 1.165) is 12.0 Å². The molecule has 0 bridgehead atoms. The van der Waals surface area contributed by atoms with Gasteiger partial charge in [-0.15, -0.1) is 0 Å². The SMILES string of the molecule is CCCCCCCCCCCCCCCC(S)c1ccc(O)c(C(C)(C)C)c1C. The third kappa shape index (κ3) is 10.3. The number of thiol groups is 1. The molecule has 0 aromatic heterocycles. The zero-order chi connectivity index (χ0) is 21.7. The predicted molar refractivity (Wildman–Crippen MR) is 134 cm³/mol. The van der Waals surface area contributed by atoms with Gasteiger partial charge in [-0.2, -0.15) is 12.6 Å². The maximum absolute atomic E-state index is 10.3. The average Bonchev–Trinajstić information content (AvgIpc) is 2.64. The third-order valence-electron chi connectivity index (χ3n) is 6.18. The Labute approximate surface area is 187 Å². The lowest BCUT2D eigenvalue weighted by Crippen LogP contribution is -2.15. The van der Waals surface area contributed by atoms with Crippen LogP contribution in [-0.4, -0.2) is 5.11 Å². The van der Waals surface area contributed by atoms with Crippen molar-refractivity contribution in [3.05, 3.63) is 28.8 Å². The molecule has 0 saturated heterocycles. The van der Waals surface area contributed by atoms with Gasteiger partial charge >= 0.3 is 0 Å². The van der Waals surface area contributed by atoms with Crippen LogP contribution in [0.15, 0.2) is 12.1 Å². The number of aromatic hydroxyl groups is 1. The van der Waals surface area contributed by atoms with Crippen LogP contribution in [-0.2, 0) is 5.41 Å². The fraction of sp³-hybridized carbons (Fsp3) is 0.778. The van der Waals surface area contributed by atoms with Crippen LogP contribution in [0.25, 0.3) is 0 Å². The van der Waals surface area contributed by atoms with E-state index in [1.54, 1.807) is 0 Å². The number of hydrogen-bond donors (Lipinski definition) is 2. The van der Waals surface area contributed by atoms with E-state index in [-0.39, 0.29) is 10.7 Å². The van der Waals surface area contributed by atoms with E-state index >= 15 is 0 Å². The molecule has 1 rings (SSSR count). The summed E-state index contributed by atoms with van der Waals surface area (Å²) >= 11 is 4.90. The molecule has 0 radical (unpaired) electrons. The predicted octanol–water partition coefficient (Wildman–Crippen LogP) is 9.45. The molecule has 1 unspecified atom stereocenters. The van der Waals surface area contributed by atoms with E-state index in [0.29, 0.717) is 5.75 Å². The Hall–Kier alpha value is -0.630. The Morgan fingerprint density at radius 2 is 1.24 bits per heavy atom. The summed E-state index contributed by atoms with van der Waals surface area (Å²) in [5, 5.41) is 10.6. The second kappa shape index (κ2) is 14.4. The van der Waals surface area contributed by atoms with E-state index < -0.39 is 0 Å². The van der Waals surface area contributed by atoms with Gasteiger partial charge < -0.3 is 5.11 Å². The molecule has 0 spiro atoms. The van der Waals surface area contributed by atoms with Crippen LogP contribution < -0.4 is 0 Å². The van der Waals surface area contributed by atoms with Crippen LogP contribution in [0.1, 0.15) is 140 Å². The maximum Gasteiger partial charge on any atom is 0.119 e. The molecule has 29 heavy (non-hydrogen) atoms. The molecular formula is C27H48OS. The minimum atomic E-state index is -0.0484. The monoisotopic (exact) mass is 420 g/mol. The van der Waals surface area contributed by atoms with Crippen molar-refractivity contribution >= 4 is 12.6 Å². The highest BCUT2D eigenvalue weighted by Crippen LogP contribution is 2.39. The second-order valence-corrected chi connectivity index (χ2v) is 10.6. The van der Waals surface area contributed by atoms with E-state index in [9.17, 15) is 5.11 Å². The molecule has 1 N–H and O–H groups in total. The highest BCUT2D eigenvalue weighted by atomic mass is 32.1. The van der Waals surface area contributed by atoms with Crippen molar-refractivity contribution in [3.63, 3.8) is 0 Å². The normalized spacial score (nSPS) is 13.0. The van der Waals surface area contributed by atoms with Crippen molar-refractivity contribution in [1.29, 1.82) is 0 Å². The zero-order valence-electron chi connectivity index (χ0n) is 20.0. The highest BCUT2D eigenvalue weighted by Gasteiger charge is 2.23. The van der Waals surface area contributed by atoms with Crippen LogP contribution in [0.5, 0.6) is 5.75 Å². The molecular weight excluding hydrogens is 372 g/mol. The lowest BCUT2D eigenvalue weighted by molar-refractivity contribution is 0.444. The fourth-order valence-corrected chi connectivity index (χ4v) is 4.99. The van der Waals surface area contributed by atoms with Crippen molar-refractivity contribution < 1.29 is 5.11 Å². The molecule has 168 valence electrons. The van der Waals surface area contributed by atoms with E-state index in [1.807, 2.05) is 6.07 Å². The molecule has 0 aliphatic heterocycles. The summed E-state index contributed by atoms with van der Waals surface area (Å²) in [7, 11) is 0. The fourth-order valence-electron chi connectivity index (χ4n) is 4.53. The molecule has 2 heteroatoms. The Bertz CT molecular complexity index is 558. The molecule has 1 aromatic carbocycles. The van der Waals surface area contributed by atoms with Gasteiger partial charge in [0.15, 0.2) is 0 Å². The first kappa shape index (κ1) is 26.4. The van der Waals surface area contributed by atoms with Crippen molar-refractivity contribution in [1.82, 2.24) is 0 Å². The summed E-state index contributed by atoms with van der Waals surface area (Å²) < 4.78 is 0. The first-order valence-corrected chi connectivity index (χ1v) is 12.8. The van der Waals surface area contributed by atoms with Crippen molar-refractivity contribution in [2.45, 2.75) is 135 Å². The third-order valence-corrected chi connectivity index (χ3v) is 6.71. The van der Waals surface area contributed by atoms with Gasteiger partial charge in [-0.05, 0) is 36.0 Å². The van der Waals surface area contributed by atoms with Gasteiger partial charge in [-0.25, -0.2) is 0 Å². The quantitative estimate of drug-likeness (QED) is 0.214. The Kier molecular flexibility index (Phi) is 13.1. The zero-order valence-corrected chi connectivity index (χ0v) is 20.9. The summed E-state index contributed by atoms with van der Waals surface area (Å²) in [4.78, 5) is 0. The number of phenolic OH excluding ortho intramolecular Hbond substituents is 1. The largest absolute Gasteiger partial charge is 0.508 e. The number of rotatable bonds is 15. The van der Waals surface area contributed by atoms with Crippen LogP contribution in [0.4, 0.5) is 0 Å². The summed E-state index contributed by atoms with van der Waals surface area (Å²) in [6, 6.07) is 3.93. The molecule has 0 aliphatic carbocycles. The lowest BCUT2D eigenvalue weighted by atomic mass is 9.81. The van der Waals surface area contributed by atoms with Gasteiger partial charge in [-0.3, -0.25) is 0 Å². The summed E-state index contributed by atoms with van der Waals surface area (Å²) in [5.74, 6) is 0.417. The van der Waals surface area contributed by atoms with E-state index in [1.165, 1.54) is 94.6 Å². The van der Waals surface area contributed by atoms with Crippen LogP contribution in [0.3, 0.4) is 0 Å². The topological polar surface area (TPSA) is 20.2 Å². The van der Waals surface area contributed by atoms with Gasteiger partial charge in [0.2, 0.25) is 0 Å². The molecule has 1 aromatic rings. The number of hydrogen-bond acceptors (Lipinski definition) is 2. The van der Waals surface area contributed by atoms with Crippen molar-refractivity contribution in [2.75, 3.05) is 0 Å². The Morgan fingerprint density at radius 3 is 1.69 bits per heavy atom. The molecule has 0 heterocycles.